The summed E-state index contributed by atoms with van der Waals surface area (Å²) < 4.78 is 32.4. The number of benzene rings is 3. The van der Waals surface area contributed by atoms with Gasteiger partial charge in [0.15, 0.2) is 15.6 Å². The quantitative estimate of drug-likeness (QED) is 0.386. The fraction of sp³-hybridized carbons (Fsp3) is 0.208. The molecule has 0 saturated heterocycles. The number of rotatable bonds is 9. The largest absolute Gasteiger partial charge is 0.494 e. The Balaban J connectivity index is 1.96. The van der Waals surface area contributed by atoms with Gasteiger partial charge in [0.1, 0.15) is 5.75 Å². The topological polar surface area (TPSA) is 60.4 Å². The zero-order chi connectivity index (χ0) is 21.6. The van der Waals surface area contributed by atoms with E-state index in [-0.39, 0.29) is 17.1 Å². The lowest BCUT2D eigenvalue weighted by Gasteiger charge is -2.18. The number of hydrogen-bond acceptors (Lipinski definition) is 4. The van der Waals surface area contributed by atoms with Crippen molar-refractivity contribution < 1.29 is 17.9 Å². The second-order valence-electron chi connectivity index (χ2n) is 6.90. The molecule has 0 aliphatic rings. The molecule has 1 atom stereocenters. The van der Waals surface area contributed by atoms with Gasteiger partial charge in [-0.05, 0) is 60.5 Å². The molecule has 0 bridgehead atoms. The lowest BCUT2D eigenvalue weighted by atomic mass is 10.0. The molecule has 156 valence electrons. The third-order valence-electron chi connectivity index (χ3n) is 4.71. The maximum atomic E-state index is 13.4. The Morgan fingerprint density at radius 3 is 2.17 bits per heavy atom. The summed E-state index contributed by atoms with van der Waals surface area (Å²) in [6, 6.07) is 21.6. The Labute approximate surface area is 182 Å². The maximum absolute atomic E-state index is 13.4. The summed E-state index contributed by atoms with van der Waals surface area (Å²) >= 11 is 5.90. The highest BCUT2D eigenvalue weighted by molar-refractivity contribution is 7.91. The van der Waals surface area contributed by atoms with Crippen molar-refractivity contribution >= 4 is 27.2 Å². The normalized spacial score (nSPS) is 12.3. The van der Waals surface area contributed by atoms with Crippen LogP contribution in [0, 0.1) is 0 Å². The number of Topliss-reactive ketones (excluding diaryl/α,β-unsaturated/α-hetero) is 1. The highest BCUT2D eigenvalue weighted by Crippen LogP contribution is 2.34. The first kappa shape index (κ1) is 22.1. The van der Waals surface area contributed by atoms with E-state index in [4.69, 9.17) is 16.3 Å². The first-order valence-corrected chi connectivity index (χ1v) is 11.6. The Morgan fingerprint density at radius 2 is 1.57 bits per heavy atom. The molecule has 0 radical (unpaired) electrons. The van der Waals surface area contributed by atoms with Crippen LogP contribution in [0.1, 0.15) is 40.9 Å². The van der Waals surface area contributed by atoms with E-state index in [0.717, 1.165) is 6.42 Å². The van der Waals surface area contributed by atoms with Gasteiger partial charge in [0.05, 0.1) is 16.8 Å². The van der Waals surface area contributed by atoms with Crippen molar-refractivity contribution in [2.24, 2.45) is 0 Å². The summed E-state index contributed by atoms with van der Waals surface area (Å²) in [6.07, 6.45) is 0.705. The van der Waals surface area contributed by atoms with Gasteiger partial charge in [-0.1, -0.05) is 48.9 Å². The SMILES string of the molecule is CCCOc1ccc([C@@H](CC(=O)c2ccc(Cl)cc2)S(=O)(=O)c2ccccc2)cc1. The average molecular weight is 443 g/mol. The molecule has 30 heavy (non-hydrogen) atoms. The summed E-state index contributed by atoms with van der Waals surface area (Å²) in [7, 11) is -3.78. The standard InChI is InChI=1S/C24H23ClO4S/c1-2-16-29-21-14-10-19(11-15-21)24(30(27,28)22-6-4-3-5-7-22)17-23(26)18-8-12-20(25)13-9-18/h3-15,24H,2,16-17H2,1H3/t24-/m1/s1. The van der Waals surface area contributed by atoms with Gasteiger partial charge in [0.2, 0.25) is 0 Å². The highest BCUT2D eigenvalue weighted by atomic mass is 35.5. The summed E-state index contributed by atoms with van der Waals surface area (Å²) in [5.41, 5.74) is 0.973. The second kappa shape index (κ2) is 9.92. The van der Waals surface area contributed by atoms with Gasteiger partial charge < -0.3 is 4.74 Å². The van der Waals surface area contributed by atoms with Crippen LogP contribution in [-0.4, -0.2) is 20.8 Å². The average Bonchev–Trinajstić information content (AvgIpc) is 2.77. The molecule has 0 aromatic heterocycles. The fourth-order valence-corrected chi connectivity index (χ4v) is 4.98. The zero-order valence-electron chi connectivity index (χ0n) is 16.6. The Hall–Kier alpha value is -2.63. The van der Waals surface area contributed by atoms with Crippen LogP contribution in [0.25, 0.3) is 0 Å². The number of ether oxygens (including phenoxy) is 1. The van der Waals surface area contributed by atoms with E-state index in [0.29, 0.717) is 28.5 Å². The molecule has 0 amide bonds. The highest BCUT2D eigenvalue weighted by Gasteiger charge is 2.31. The van der Waals surface area contributed by atoms with E-state index in [9.17, 15) is 13.2 Å². The molecule has 0 saturated carbocycles. The smallest absolute Gasteiger partial charge is 0.185 e. The van der Waals surface area contributed by atoms with E-state index >= 15 is 0 Å². The Bertz CT molecular complexity index is 1080. The number of carbonyl (C=O) groups excluding carboxylic acids is 1. The van der Waals surface area contributed by atoms with E-state index < -0.39 is 15.1 Å². The van der Waals surface area contributed by atoms with Crippen molar-refractivity contribution in [2.45, 2.75) is 29.9 Å². The molecule has 0 N–H and O–H groups in total. The van der Waals surface area contributed by atoms with Gasteiger partial charge in [-0.15, -0.1) is 0 Å². The third-order valence-corrected chi connectivity index (χ3v) is 7.08. The minimum atomic E-state index is -3.78. The van der Waals surface area contributed by atoms with Gasteiger partial charge in [0, 0.05) is 17.0 Å². The monoisotopic (exact) mass is 442 g/mol. The number of halogens is 1. The van der Waals surface area contributed by atoms with Crippen molar-refractivity contribution in [3.05, 3.63) is 95.0 Å². The van der Waals surface area contributed by atoms with Crippen LogP contribution < -0.4 is 4.74 Å². The molecule has 0 spiro atoms. The maximum Gasteiger partial charge on any atom is 0.185 e. The Kier molecular flexibility index (Phi) is 7.29. The van der Waals surface area contributed by atoms with Crippen molar-refractivity contribution in [3.8, 4) is 5.75 Å². The van der Waals surface area contributed by atoms with Crippen molar-refractivity contribution in [1.29, 1.82) is 0 Å². The zero-order valence-corrected chi connectivity index (χ0v) is 18.2. The molecule has 3 rings (SSSR count). The van der Waals surface area contributed by atoms with Crippen LogP contribution in [0.3, 0.4) is 0 Å². The predicted octanol–water partition coefficient (Wildman–Crippen LogP) is 5.92. The number of ketones is 1. The van der Waals surface area contributed by atoms with Crippen LogP contribution in [0.4, 0.5) is 0 Å². The molecule has 0 unspecified atom stereocenters. The molecule has 0 heterocycles. The minimum Gasteiger partial charge on any atom is -0.494 e. The van der Waals surface area contributed by atoms with Gasteiger partial charge in [-0.25, -0.2) is 8.42 Å². The lowest BCUT2D eigenvalue weighted by molar-refractivity contribution is 0.0980. The molecule has 0 fully saturated rings. The Morgan fingerprint density at radius 1 is 0.933 bits per heavy atom. The van der Waals surface area contributed by atoms with Crippen LogP contribution in [-0.2, 0) is 9.84 Å². The molecule has 0 aliphatic heterocycles. The van der Waals surface area contributed by atoms with E-state index in [1.807, 2.05) is 6.92 Å². The summed E-state index contributed by atoms with van der Waals surface area (Å²) in [6.45, 7) is 2.60. The summed E-state index contributed by atoms with van der Waals surface area (Å²) in [5.74, 6) is 0.406. The molecule has 0 aliphatic carbocycles. The summed E-state index contributed by atoms with van der Waals surface area (Å²) in [5, 5.41) is -0.494. The van der Waals surface area contributed by atoms with Crippen LogP contribution >= 0.6 is 11.6 Å². The third kappa shape index (κ3) is 5.29. The first-order valence-electron chi connectivity index (χ1n) is 9.72. The number of hydrogen-bond donors (Lipinski definition) is 0. The molecule has 4 nitrogen and oxygen atoms in total. The van der Waals surface area contributed by atoms with Crippen molar-refractivity contribution in [3.63, 3.8) is 0 Å². The van der Waals surface area contributed by atoms with Crippen LogP contribution in [0.15, 0.2) is 83.8 Å². The predicted molar refractivity (Wildman–Crippen MR) is 119 cm³/mol. The number of carbonyl (C=O) groups is 1. The van der Waals surface area contributed by atoms with Crippen LogP contribution in [0.5, 0.6) is 5.75 Å². The number of sulfone groups is 1. The van der Waals surface area contributed by atoms with E-state index in [1.165, 1.54) is 0 Å². The van der Waals surface area contributed by atoms with E-state index in [1.54, 1.807) is 78.9 Å². The second-order valence-corrected chi connectivity index (χ2v) is 9.47. The van der Waals surface area contributed by atoms with Crippen LogP contribution in [0.2, 0.25) is 5.02 Å². The van der Waals surface area contributed by atoms with Crippen molar-refractivity contribution in [1.82, 2.24) is 0 Å². The van der Waals surface area contributed by atoms with Gasteiger partial charge in [-0.3, -0.25) is 4.79 Å². The van der Waals surface area contributed by atoms with Gasteiger partial charge >= 0.3 is 0 Å². The molecule has 3 aromatic carbocycles. The molecular weight excluding hydrogens is 420 g/mol. The molecule has 6 heteroatoms. The van der Waals surface area contributed by atoms with Gasteiger partial charge in [0.25, 0.3) is 0 Å². The van der Waals surface area contributed by atoms with E-state index in [2.05, 4.69) is 0 Å². The minimum absolute atomic E-state index is 0.173. The lowest BCUT2D eigenvalue weighted by Crippen LogP contribution is -2.18. The van der Waals surface area contributed by atoms with Crippen molar-refractivity contribution in [2.75, 3.05) is 6.61 Å². The fourth-order valence-electron chi connectivity index (χ4n) is 3.10. The molecular formula is C24H23ClO4S. The first-order chi connectivity index (χ1) is 14.4. The van der Waals surface area contributed by atoms with Gasteiger partial charge in [-0.2, -0.15) is 0 Å². The molecule has 3 aromatic rings. The summed E-state index contributed by atoms with van der Waals surface area (Å²) in [4.78, 5) is 13.1.